The van der Waals surface area contributed by atoms with Crippen LogP contribution in [0.3, 0.4) is 0 Å². The van der Waals surface area contributed by atoms with Gasteiger partial charge < -0.3 is 0 Å². The van der Waals surface area contributed by atoms with Gasteiger partial charge in [-0.05, 0) is 64.4 Å². The van der Waals surface area contributed by atoms with Gasteiger partial charge in [0.2, 0.25) is 0 Å². The van der Waals surface area contributed by atoms with Crippen LogP contribution in [0, 0.1) is 0 Å². The Bertz CT molecular complexity index is 2210. The fraction of sp³-hybridized carbons (Fsp3) is 0.116. The minimum absolute atomic E-state index is 0.167. The normalized spacial score (nSPS) is 19.1. The zero-order valence-corrected chi connectivity index (χ0v) is 27.0. The molecule has 0 saturated carbocycles. The average molecular weight is 628 g/mol. The minimum Gasteiger partial charge on any atom is -0.277 e. The first-order valence-electron chi connectivity index (χ1n) is 16.2. The number of allylic oxidation sites excluding steroid dienone is 8. The smallest absolute Gasteiger partial charge is 0.166 e. The molecule has 4 heteroatoms. The number of hydrogen-bond donors (Lipinski definition) is 0. The van der Waals surface area contributed by atoms with Crippen molar-refractivity contribution >= 4 is 33.9 Å². The summed E-state index contributed by atoms with van der Waals surface area (Å²) in [5, 5.41) is 0.591. The second-order valence-electron chi connectivity index (χ2n) is 12.7. The van der Waals surface area contributed by atoms with Gasteiger partial charge in [-0.3, -0.25) is 4.57 Å². The Balaban J connectivity index is 1.24. The molecule has 2 unspecified atom stereocenters. The lowest BCUT2D eigenvalue weighted by atomic mass is 9.71. The van der Waals surface area contributed by atoms with Crippen LogP contribution in [-0.4, -0.2) is 14.5 Å². The Labute approximate surface area is 280 Å². The van der Waals surface area contributed by atoms with Crippen LogP contribution < -0.4 is 0 Å². The quantitative estimate of drug-likeness (QED) is 0.184. The highest BCUT2D eigenvalue weighted by Gasteiger charge is 2.30. The molecule has 0 fully saturated rings. The first-order valence-corrected chi connectivity index (χ1v) is 16.6. The van der Waals surface area contributed by atoms with E-state index in [1.165, 1.54) is 33.4 Å². The summed E-state index contributed by atoms with van der Waals surface area (Å²) in [4.78, 5) is 9.87. The van der Waals surface area contributed by atoms with Crippen LogP contribution in [0.1, 0.15) is 47.9 Å². The molecule has 8 rings (SSSR count). The molecule has 0 saturated heterocycles. The van der Waals surface area contributed by atoms with Crippen LogP contribution in [-0.2, 0) is 5.41 Å². The van der Waals surface area contributed by atoms with Crippen molar-refractivity contribution in [3.63, 3.8) is 0 Å². The Kier molecular flexibility index (Phi) is 7.55. The molecule has 0 amide bonds. The van der Waals surface area contributed by atoms with Crippen molar-refractivity contribution in [2.75, 3.05) is 0 Å². The largest absolute Gasteiger partial charge is 0.277 e. The molecular weight excluding hydrogens is 594 g/mol. The molecule has 47 heavy (non-hydrogen) atoms. The van der Waals surface area contributed by atoms with E-state index in [4.69, 9.17) is 21.6 Å². The van der Waals surface area contributed by atoms with E-state index in [0.717, 1.165) is 35.6 Å². The molecule has 2 aliphatic rings. The number of imidazole rings is 1. The van der Waals surface area contributed by atoms with Crippen molar-refractivity contribution in [3.8, 4) is 17.1 Å². The molecule has 0 N–H and O–H groups in total. The molecule has 3 nitrogen and oxygen atoms in total. The van der Waals surface area contributed by atoms with Crippen LogP contribution in [0.5, 0.6) is 0 Å². The number of fused-ring (bicyclic) bond motifs is 1. The van der Waals surface area contributed by atoms with Crippen LogP contribution >= 0.6 is 11.6 Å². The Morgan fingerprint density at radius 2 is 1.55 bits per heavy atom. The van der Waals surface area contributed by atoms with Crippen molar-refractivity contribution < 1.29 is 0 Å². The van der Waals surface area contributed by atoms with Crippen LogP contribution in [0.15, 0.2) is 158 Å². The van der Waals surface area contributed by atoms with E-state index in [0.29, 0.717) is 16.5 Å². The summed E-state index contributed by atoms with van der Waals surface area (Å²) in [5.41, 5.74) is 10.8. The molecule has 2 atom stereocenters. The highest BCUT2D eigenvalue weighted by atomic mass is 35.5. The van der Waals surface area contributed by atoms with Crippen LogP contribution in [0.2, 0.25) is 5.02 Å². The predicted octanol–water partition coefficient (Wildman–Crippen LogP) is 11.2. The standard InChI is InChI=1S/C43H34ClN3/c1-43(37-17-9-4-10-18-37)28-35(31-14-7-3-8-15-31)26-36(29-43)34-16-11-19-38(27-34)47-41(46-40-39(44)24-25-45-42(40)47)33-22-20-32(21-23-33)30-12-5-2-6-13-30/h2-12,14-28,30H,13,29H2,1H3. The summed E-state index contributed by atoms with van der Waals surface area (Å²) in [7, 11) is 0. The Morgan fingerprint density at radius 1 is 0.787 bits per heavy atom. The van der Waals surface area contributed by atoms with Gasteiger partial charge in [0.15, 0.2) is 5.65 Å². The second-order valence-corrected chi connectivity index (χ2v) is 13.1. The van der Waals surface area contributed by atoms with Crippen molar-refractivity contribution in [1.82, 2.24) is 14.5 Å². The van der Waals surface area contributed by atoms with E-state index >= 15 is 0 Å². The predicted molar refractivity (Wildman–Crippen MR) is 196 cm³/mol. The number of aromatic nitrogens is 3. The van der Waals surface area contributed by atoms with E-state index in [-0.39, 0.29) is 5.41 Å². The van der Waals surface area contributed by atoms with E-state index in [1.807, 2.05) is 6.07 Å². The topological polar surface area (TPSA) is 30.7 Å². The van der Waals surface area contributed by atoms with E-state index in [2.05, 4.69) is 157 Å². The van der Waals surface area contributed by atoms with E-state index in [1.54, 1.807) is 6.20 Å². The van der Waals surface area contributed by atoms with Gasteiger partial charge in [0.25, 0.3) is 0 Å². The van der Waals surface area contributed by atoms with Crippen LogP contribution in [0.4, 0.5) is 0 Å². The zero-order chi connectivity index (χ0) is 31.8. The maximum atomic E-state index is 6.72. The van der Waals surface area contributed by atoms with Crippen molar-refractivity contribution in [3.05, 3.63) is 185 Å². The zero-order valence-electron chi connectivity index (χ0n) is 26.2. The van der Waals surface area contributed by atoms with Gasteiger partial charge >= 0.3 is 0 Å². The number of nitrogens with zero attached hydrogens (tertiary/aromatic N) is 3. The molecule has 0 radical (unpaired) electrons. The highest BCUT2D eigenvalue weighted by Crippen LogP contribution is 2.44. The Hall–Kier alpha value is -5.25. The summed E-state index contributed by atoms with van der Waals surface area (Å²) >= 11 is 6.72. The maximum absolute atomic E-state index is 6.72. The van der Waals surface area contributed by atoms with Gasteiger partial charge in [-0.1, -0.05) is 152 Å². The van der Waals surface area contributed by atoms with Gasteiger partial charge in [0.1, 0.15) is 11.3 Å². The lowest BCUT2D eigenvalue weighted by Gasteiger charge is -2.33. The first-order chi connectivity index (χ1) is 23.1. The molecule has 0 bridgehead atoms. The highest BCUT2D eigenvalue weighted by molar-refractivity contribution is 6.34. The summed E-state index contributed by atoms with van der Waals surface area (Å²) in [6.07, 6.45) is 17.2. The molecule has 0 spiro atoms. The number of hydrogen-bond acceptors (Lipinski definition) is 2. The summed E-state index contributed by atoms with van der Waals surface area (Å²) in [5.74, 6) is 1.21. The van der Waals surface area contributed by atoms with Gasteiger partial charge in [-0.15, -0.1) is 0 Å². The minimum atomic E-state index is -0.167. The average Bonchev–Trinajstić information content (AvgIpc) is 3.54. The Morgan fingerprint density at radius 3 is 2.32 bits per heavy atom. The summed E-state index contributed by atoms with van der Waals surface area (Å²) < 4.78 is 2.15. The first kappa shape index (κ1) is 29.2. The molecular formula is C43H34ClN3. The fourth-order valence-electron chi connectivity index (χ4n) is 6.99. The number of pyridine rings is 1. The van der Waals surface area contributed by atoms with Crippen LogP contribution in [0.25, 0.3) is 39.4 Å². The van der Waals surface area contributed by atoms with Crippen molar-refractivity contribution in [2.45, 2.75) is 31.1 Å². The van der Waals surface area contributed by atoms with Crippen molar-refractivity contribution in [2.24, 2.45) is 0 Å². The lowest BCUT2D eigenvalue weighted by Crippen LogP contribution is -2.22. The van der Waals surface area contributed by atoms with Gasteiger partial charge in [-0.25, -0.2) is 9.97 Å². The molecule has 2 aromatic heterocycles. The molecule has 6 aromatic rings. The maximum Gasteiger partial charge on any atom is 0.166 e. The molecule has 2 heterocycles. The fourth-order valence-corrected chi connectivity index (χ4v) is 7.17. The van der Waals surface area contributed by atoms with E-state index in [9.17, 15) is 0 Å². The second kappa shape index (κ2) is 12.2. The molecule has 228 valence electrons. The summed E-state index contributed by atoms with van der Waals surface area (Å²) in [6.45, 7) is 2.35. The molecule has 4 aromatic carbocycles. The number of halogens is 1. The van der Waals surface area contributed by atoms with Gasteiger partial charge in [0.05, 0.1) is 5.02 Å². The third-order valence-electron chi connectivity index (χ3n) is 9.45. The number of benzene rings is 4. The number of rotatable bonds is 6. The summed E-state index contributed by atoms with van der Waals surface area (Å²) in [6, 6.07) is 40.8. The third kappa shape index (κ3) is 5.58. The van der Waals surface area contributed by atoms with E-state index < -0.39 is 0 Å². The van der Waals surface area contributed by atoms with Gasteiger partial charge in [0, 0.05) is 28.8 Å². The monoisotopic (exact) mass is 627 g/mol. The third-order valence-corrected chi connectivity index (χ3v) is 9.76. The SMILES string of the molecule is CC1(c2ccccc2)C=C(c2ccccc2)C=C(c2cccc(-n3c(-c4ccc(C5C=CC=CC5)cc4)nc4c(Cl)ccnc43)c2)C1. The van der Waals surface area contributed by atoms with Gasteiger partial charge in [-0.2, -0.15) is 0 Å². The molecule has 0 aliphatic heterocycles. The lowest BCUT2D eigenvalue weighted by molar-refractivity contribution is 0.611. The van der Waals surface area contributed by atoms with Crippen molar-refractivity contribution in [1.29, 1.82) is 0 Å². The molecule has 2 aliphatic carbocycles.